The summed E-state index contributed by atoms with van der Waals surface area (Å²) in [5, 5.41) is 16.8. The minimum atomic E-state index is -2.54. The van der Waals surface area contributed by atoms with E-state index in [0.29, 0.717) is 51.6 Å². The zero-order chi connectivity index (χ0) is 57.1. The quantitative estimate of drug-likeness (QED) is 0.0941. The van der Waals surface area contributed by atoms with Crippen LogP contribution in [0.1, 0.15) is 146 Å². The Kier molecular flexibility index (Phi) is 16.5. The van der Waals surface area contributed by atoms with Gasteiger partial charge in [0.25, 0.3) is 0 Å². The van der Waals surface area contributed by atoms with Crippen molar-refractivity contribution in [2.75, 3.05) is 40.3 Å². The lowest BCUT2D eigenvalue weighted by Crippen LogP contribution is -2.58. The molecule has 2 aromatic rings. The van der Waals surface area contributed by atoms with Crippen LogP contribution in [0, 0.1) is 35.5 Å². The molecule has 2 heterocycles. The van der Waals surface area contributed by atoms with E-state index in [-0.39, 0.29) is 48.7 Å². The second-order valence-corrected chi connectivity index (χ2v) is 21.0. The molecule has 6 N–H and O–H groups in total. The van der Waals surface area contributed by atoms with Gasteiger partial charge in [-0.25, -0.2) is 0 Å². The van der Waals surface area contributed by atoms with Crippen LogP contribution in [0.25, 0.3) is 0 Å². The van der Waals surface area contributed by atoms with Crippen LogP contribution in [0.15, 0.2) is 48.5 Å². The van der Waals surface area contributed by atoms with Gasteiger partial charge in [-0.15, -0.1) is 0 Å². The van der Waals surface area contributed by atoms with E-state index in [9.17, 15) is 28.8 Å². The van der Waals surface area contributed by atoms with E-state index in [1.807, 2.05) is 48.5 Å². The summed E-state index contributed by atoms with van der Waals surface area (Å²) in [4.78, 5) is 87.1. The van der Waals surface area contributed by atoms with Crippen LogP contribution in [0.4, 0.5) is 0 Å². The molecule has 10 atom stereocenters. The SMILES string of the molecule is [2H][13C]([2H])([2H])N[C@@H](C)C(=O)N[C@H](C(=O)N1CCC[C@H]1C(=O)N[C@H]1c2ccccc2C[C@H]1OCC#CC#CCO[C@@H]1Cc2ccccc2[C@@H]1NC(=O)[C@@H]1CCCN1C(=O)[C@@H](NC(=O)[C@H](C)N[13C]([2H])([2H])[2H])C1CCCCC1)C1CCCCC1. The van der Waals surface area contributed by atoms with Crippen LogP contribution >= 0.6 is 0 Å². The summed E-state index contributed by atoms with van der Waals surface area (Å²) in [5.74, 6) is 8.86. The summed E-state index contributed by atoms with van der Waals surface area (Å²) in [6, 6.07) is 9.07. The number of benzene rings is 2. The van der Waals surface area contributed by atoms with E-state index in [4.69, 9.17) is 17.7 Å². The smallest absolute Gasteiger partial charge is 0.246 e. The Morgan fingerprint density at radius 1 is 0.581 bits per heavy atom. The standard InChI is InChI=1S/C58H78N8O8/c1-37(59-3)53(67)61-49(39-21-9-7-10-22-39)57(71)65-31-19-29-45(65)55(69)63-51-43-27-15-13-25-41(43)35-47(51)73-33-17-5-6-18-34-74-48-36-42-26-14-16-28-44(42)52(48)64-56(70)46-30-20-32-66(46)58(72)50(40-23-11-8-12-24-40)62-54(68)38(2)60-4/h13-16,25-28,37-40,45-52,59-60H,7-12,19-24,29-36H2,1-4H3,(H,61,67)(H,62,68)(H,63,69)(H,64,70)/t37-,38-,45-,46-,47+,48+,49-,50-,51-,52-/m0/s1/i3+1D3,4+1D3. The summed E-state index contributed by atoms with van der Waals surface area (Å²) in [7, 11) is 0. The van der Waals surface area contributed by atoms with Crippen molar-refractivity contribution >= 4 is 35.4 Å². The summed E-state index contributed by atoms with van der Waals surface area (Å²) in [6.07, 6.45) is 10.9. The molecule has 2 aromatic carbocycles. The topological polar surface area (TPSA) is 200 Å². The molecule has 398 valence electrons. The average Bonchev–Trinajstić information content (AvgIpc) is 4.26. The number of hydrogen-bond donors (Lipinski definition) is 6. The molecule has 2 saturated heterocycles. The van der Waals surface area contributed by atoms with Crippen LogP contribution in [-0.2, 0) is 51.1 Å². The molecule has 4 fully saturated rings. The fourth-order valence-corrected chi connectivity index (χ4v) is 12.1. The first-order chi connectivity index (χ1) is 38.3. The Bertz CT molecular complexity index is 2500. The van der Waals surface area contributed by atoms with Crippen molar-refractivity contribution < 1.29 is 46.5 Å². The normalized spacial score (nSPS) is 26.7. The second kappa shape index (κ2) is 26.1. The number of ether oxygens (including phenoxy) is 2. The number of nitrogens with one attached hydrogen (secondary N) is 6. The van der Waals surface area contributed by atoms with Gasteiger partial charge < -0.3 is 51.2 Å². The van der Waals surface area contributed by atoms with Crippen LogP contribution in [0.2, 0.25) is 0 Å². The van der Waals surface area contributed by atoms with Gasteiger partial charge >= 0.3 is 0 Å². The van der Waals surface area contributed by atoms with Gasteiger partial charge in [0, 0.05) is 34.2 Å². The minimum Gasteiger partial charge on any atom is -0.363 e. The lowest BCUT2D eigenvalue weighted by Gasteiger charge is -2.35. The van der Waals surface area contributed by atoms with Crippen molar-refractivity contribution in [3.63, 3.8) is 0 Å². The van der Waals surface area contributed by atoms with Gasteiger partial charge in [-0.1, -0.05) is 98.9 Å². The molecule has 6 aliphatic rings. The Balaban J connectivity index is 0.860. The minimum absolute atomic E-state index is 0.0217. The number of hydrogen-bond acceptors (Lipinski definition) is 10. The van der Waals surface area contributed by atoms with Crippen molar-refractivity contribution in [3.8, 4) is 23.7 Å². The summed E-state index contributed by atoms with van der Waals surface area (Å²) in [6.45, 7) is -1.44. The van der Waals surface area contributed by atoms with Crippen LogP contribution in [-0.4, -0.2) is 134 Å². The van der Waals surface area contributed by atoms with Crippen molar-refractivity contribution in [1.82, 2.24) is 41.7 Å². The highest BCUT2D eigenvalue weighted by atomic mass is 16.5. The van der Waals surface area contributed by atoms with Crippen LogP contribution in [0.5, 0.6) is 0 Å². The number of carbonyl (C=O) groups excluding carboxylic acids is 6. The molecule has 2 aliphatic heterocycles. The fourth-order valence-electron chi connectivity index (χ4n) is 12.1. The van der Waals surface area contributed by atoms with Gasteiger partial charge in [0.05, 0.1) is 36.4 Å². The molecule has 4 aliphatic carbocycles. The lowest BCUT2D eigenvalue weighted by atomic mass is 9.83. The summed E-state index contributed by atoms with van der Waals surface area (Å²) >= 11 is 0. The number of carbonyl (C=O) groups is 6. The first kappa shape index (κ1) is 46.7. The van der Waals surface area contributed by atoms with E-state index >= 15 is 0 Å². The average molecular weight is 1020 g/mol. The van der Waals surface area contributed by atoms with E-state index in [1.54, 1.807) is 9.80 Å². The van der Waals surface area contributed by atoms with Crippen LogP contribution in [0.3, 0.4) is 0 Å². The molecule has 0 radical (unpaired) electrons. The van der Waals surface area contributed by atoms with Gasteiger partial charge in [-0.3, -0.25) is 28.8 Å². The van der Waals surface area contributed by atoms with Crippen molar-refractivity contribution in [2.45, 2.75) is 177 Å². The third-order valence-corrected chi connectivity index (χ3v) is 16.2. The zero-order valence-electron chi connectivity index (χ0n) is 48.8. The monoisotopic (exact) mass is 1020 g/mol. The molecule has 0 spiro atoms. The van der Waals surface area contributed by atoms with Crippen molar-refractivity contribution in [2.24, 2.45) is 11.8 Å². The number of likely N-dealkylation sites (tertiary alicyclic amines) is 2. The number of likely N-dealkylation sites (N-methyl/N-ethyl adjacent to an activating group) is 2. The highest BCUT2D eigenvalue weighted by Gasteiger charge is 2.45. The van der Waals surface area contributed by atoms with E-state index < -0.39 is 86.3 Å². The number of rotatable bonds is 18. The third kappa shape index (κ3) is 13.0. The van der Waals surface area contributed by atoms with E-state index in [0.717, 1.165) is 86.5 Å². The molecular weight excluding hydrogens is 939 g/mol. The predicted molar refractivity (Wildman–Crippen MR) is 281 cm³/mol. The Labute approximate surface area is 446 Å². The molecule has 6 amide bonds. The maximum absolute atomic E-state index is 14.4. The molecule has 16 nitrogen and oxygen atoms in total. The number of nitrogens with zero attached hydrogens (tertiary/aromatic N) is 2. The molecular formula is C58H78N8O8. The first-order valence-corrected chi connectivity index (χ1v) is 27.0. The Morgan fingerprint density at radius 3 is 1.39 bits per heavy atom. The van der Waals surface area contributed by atoms with Gasteiger partial charge in [0.15, 0.2) is 0 Å². The number of amides is 6. The van der Waals surface area contributed by atoms with Crippen LogP contribution < -0.4 is 31.9 Å². The van der Waals surface area contributed by atoms with Gasteiger partial charge in [-0.05, 0) is 125 Å². The largest absolute Gasteiger partial charge is 0.363 e. The molecule has 0 bridgehead atoms. The third-order valence-electron chi connectivity index (χ3n) is 16.2. The van der Waals surface area contributed by atoms with E-state index in [1.165, 1.54) is 13.8 Å². The summed E-state index contributed by atoms with van der Waals surface area (Å²) in [5.41, 5.74) is 3.87. The Hall–Kier alpha value is -5.78. The van der Waals surface area contributed by atoms with Crippen molar-refractivity contribution in [3.05, 3.63) is 70.8 Å². The molecule has 8 rings (SSSR count). The van der Waals surface area contributed by atoms with Gasteiger partial charge in [0.2, 0.25) is 35.4 Å². The van der Waals surface area contributed by atoms with E-state index in [2.05, 4.69) is 55.6 Å². The summed E-state index contributed by atoms with van der Waals surface area (Å²) < 4.78 is 58.0. The zero-order valence-corrected chi connectivity index (χ0v) is 42.8. The van der Waals surface area contributed by atoms with Crippen molar-refractivity contribution in [1.29, 1.82) is 0 Å². The highest BCUT2D eigenvalue weighted by Crippen LogP contribution is 2.37. The maximum Gasteiger partial charge on any atom is 0.246 e. The highest BCUT2D eigenvalue weighted by molar-refractivity contribution is 5.95. The molecule has 74 heavy (non-hydrogen) atoms. The molecule has 2 saturated carbocycles. The molecule has 0 unspecified atom stereocenters. The van der Waals surface area contributed by atoms with Gasteiger partial charge in [0.1, 0.15) is 37.4 Å². The first-order valence-electron chi connectivity index (χ1n) is 30.0. The van der Waals surface area contributed by atoms with Gasteiger partial charge in [-0.2, -0.15) is 0 Å². The lowest BCUT2D eigenvalue weighted by molar-refractivity contribution is -0.143. The maximum atomic E-state index is 14.4. The fraction of sp³-hybridized carbons (Fsp3) is 0.621. The molecule has 16 heteroatoms. The second-order valence-electron chi connectivity index (χ2n) is 21.0. The Morgan fingerprint density at radius 2 is 0.986 bits per heavy atom. The number of fused-ring (bicyclic) bond motifs is 2. The molecule has 0 aromatic heterocycles. The predicted octanol–water partition coefficient (Wildman–Crippen LogP) is 3.92.